The van der Waals surface area contributed by atoms with E-state index in [9.17, 15) is 5.11 Å². The van der Waals surface area contributed by atoms with Gasteiger partial charge in [0.15, 0.2) is 0 Å². The fourth-order valence-electron chi connectivity index (χ4n) is 2.28. The molecule has 2 aromatic heterocycles. The fourth-order valence-corrected chi connectivity index (χ4v) is 3.19. The van der Waals surface area contributed by atoms with Crippen LogP contribution in [0.15, 0.2) is 35.8 Å². The Kier molecular flexibility index (Phi) is 4.95. The van der Waals surface area contributed by atoms with Crippen molar-refractivity contribution in [3.05, 3.63) is 51.4 Å². The summed E-state index contributed by atoms with van der Waals surface area (Å²) < 4.78 is 1.77. The third-order valence-electron chi connectivity index (χ3n) is 3.49. The Bertz CT molecular complexity index is 799. The molecule has 0 bridgehead atoms. The Morgan fingerprint density at radius 2 is 2.22 bits per heavy atom. The molecule has 0 saturated carbocycles. The van der Waals surface area contributed by atoms with Crippen molar-refractivity contribution in [3.8, 4) is 11.3 Å². The van der Waals surface area contributed by atoms with Crippen LogP contribution in [0.25, 0.3) is 11.3 Å². The SMILES string of the molecule is Cc1ncsc1CNc1cc(-c2cccc(Cl)c2)nn1CCO. The van der Waals surface area contributed by atoms with Gasteiger partial charge in [-0.25, -0.2) is 9.67 Å². The van der Waals surface area contributed by atoms with Gasteiger partial charge in [0.2, 0.25) is 0 Å². The summed E-state index contributed by atoms with van der Waals surface area (Å²) in [5.41, 5.74) is 4.65. The van der Waals surface area contributed by atoms with Crippen LogP contribution in [-0.4, -0.2) is 26.5 Å². The van der Waals surface area contributed by atoms with E-state index in [-0.39, 0.29) is 6.61 Å². The lowest BCUT2D eigenvalue weighted by molar-refractivity contribution is 0.270. The number of aliphatic hydroxyl groups excluding tert-OH is 1. The lowest BCUT2D eigenvalue weighted by Gasteiger charge is -2.07. The molecular formula is C16H17ClN4OS. The lowest BCUT2D eigenvalue weighted by Crippen LogP contribution is -2.10. The summed E-state index contributed by atoms with van der Waals surface area (Å²) in [4.78, 5) is 5.44. The van der Waals surface area contributed by atoms with Gasteiger partial charge in [-0.15, -0.1) is 11.3 Å². The molecule has 1 aromatic carbocycles. The number of anilines is 1. The molecule has 0 aliphatic heterocycles. The Labute approximate surface area is 143 Å². The van der Waals surface area contributed by atoms with Gasteiger partial charge in [-0.2, -0.15) is 5.10 Å². The second kappa shape index (κ2) is 7.12. The number of aryl methyl sites for hydroxylation is 1. The van der Waals surface area contributed by atoms with Gasteiger partial charge in [-0.1, -0.05) is 23.7 Å². The molecule has 0 aliphatic carbocycles. The average Bonchev–Trinajstić information content (AvgIpc) is 3.12. The van der Waals surface area contributed by atoms with E-state index in [0.717, 1.165) is 22.8 Å². The molecule has 23 heavy (non-hydrogen) atoms. The van der Waals surface area contributed by atoms with Gasteiger partial charge < -0.3 is 10.4 Å². The Hall–Kier alpha value is -1.89. The van der Waals surface area contributed by atoms with Crippen LogP contribution in [-0.2, 0) is 13.1 Å². The first-order chi connectivity index (χ1) is 11.2. The zero-order chi connectivity index (χ0) is 16.2. The highest BCUT2D eigenvalue weighted by molar-refractivity contribution is 7.09. The number of aliphatic hydroxyl groups is 1. The van der Waals surface area contributed by atoms with Crippen molar-refractivity contribution in [2.24, 2.45) is 0 Å². The highest BCUT2D eigenvalue weighted by Gasteiger charge is 2.10. The summed E-state index contributed by atoms with van der Waals surface area (Å²) in [7, 11) is 0. The van der Waals surface area contributed by atoms with Crippen LogP contribution < -0.4 is 5.32 Å². The molecule has 0 aliphatic rings. The molecule has 2 N–H and O–H groups in total. The van der Waals surface area contributed by atoms with Crippen LogP contribution in [0.5, 0.6) is 0 Å². The van der Waals surface area contributed by atoms with Crippen molar-refractivity contribution in [1.82, 2.24) is 14.8 Å². The molecule has 3 rings (SSSR count). The quantitative estimate of drug-likeness (QED) is 0.714. The standard InChI is InChI=1S/C16H17ClN4OS/c1-11-15(23-10-19-11)9-18-16-8-14(20-21(16)5-6-22)12-3-2-4-13(17)7-12/h2-4,7-8,10,18,22H,5-6,9H2,1H3. The number of aromatic nitrogens is 3. The first-order valence-corrected chi connectivity index (χ1v) is 8.50. The number of benzene rings is 1. The first-order valence-electron chi connectivity index (χ1n) is 7.25. The third kappa shape index (κ3) is 3.72. The maximum absolute atomic E-state index is 9.25. The van der Waals surface area contributed by atoms with E-state index < -0.39 is 0 Å². The Morgan fingerprint density at radius 3 is 2.91 bits per heavy atom. The largest absolute Gasteiger partial charge is 0.394 e. The fraction of sp³-hybridized carbons (Fsp3) is 0.250. The first kappa shape index (κ1) is 16.0. The molecule has 0 fully saturated rings. The summed E-state index contributed by atoms with van der Waals surface area (Å²) >= 11 is 7.68. The number of thiazole rings is 1. The molecule has 7 heteroatoms. The summed E-state index contributed by atoms with van der Waals surface area (Å²) in [5, 5.41) is 17.9. The molecular weight excluding hydrogens is 332 g/mol. The molecule has 0 atom stereocenters. The minimum atomic E-state index is 0.0327. The predicted octanol–water partition coefficient (Wildman–Crippen LogP) is 3.57. The van der Waals surface area contributed by atoms with Gasteiger partial charge in [-0.05, 0) is 19.1 Å². The van der Waals surface area contributed by atoms with Crippen LogP contribution in [0.4, 0.5) is 5.82 Å². The van der Waals surface area contributed by atoms with Crippen molar-refractivity contribution in [2.75, 3.05) is 11.9 Å². The minimum absolute atomic E-state index is 0.0327. The molecule has 120 valence electrons. The van der Waals surface area contributed by atoms with Crippen LogP contribution in [0.1, 0.15) is 10.6 Å². The van der Waals surface area contributed by atoms with E-state index in [4.69, 9.17) is 11.6 Å². The number of hydrogen-bond donors (Lipinski definition) is 2. The van der Waals surface area contributed by atoms with Crippen molar-refractivity contribution < 1.29 is 5.11 Å². The van der Waals surface area contributed by atoms with Crippen molar-refractivity contribution in [3.63, 3.8) is 0 Å². The number of nitrogens with one attached hydrogen (secondary N) is 1. The monoisotopic (exact) mass is 348 g/mol. The highest BCUT2D eigenvalue weighted by atomic mass is 35.5. The van der Waals surface area contributed by atoms with Crippen LogP contribution in [0.3, 0.4) is 0 Å². The van der Waals surface area contributed by atoms with Gasteiger partial charge in [0, 0.05) is 21.5 Å². The Morgan fingerprint density at radius 1 is 1.35 bits per heavy atom. The van der Waals surface area contributed by atoms with Crippen LogP contribution in [0.2, 0.25) is 5.02 Å². The zero-order valence-corrected chi connectivity index (χ0v) is 14.2. The highest BCUT2D eigenvalue weighted by Crippen LogP contribution is 2.25. The van der Waals surface area contributed by atoms with E-state index >= 15 is 0 Å². The average molecular weight is 349 g/mol. The van der Waals surface area contributed by atoms with Gasteiger partial charge in [-0.3, -0.25) is 0 Å². The molecule has 5 nitrogen and oxygen atoms in total. The lowest BCUT2D eigenvalue weighted by atomic mass is 10.1. The smallest absolute Gasteiger partial charge is 0.125 e. The third-order valence-corrected chi connectivity index (χ3v) is 4.66. The zero-order valence-electron chi connectivity index (χ0n) is 12.7. The van der Waals surface area contributed by atoms with E-state index in [0.29, 0.717) is 18.1 Å². The van der Waals surface area contributed by atoms with Crippen molar-refractivity contribution in [1.29, 1.82) is 0 Å². The second-order valence-corrected chi connectivity index (χ2v) is 6.46. The van der Waals surface area contributed by atoms with E-state index in [1.54, 1.807) is 16.0 Å². The molecule has 0 unspecified atom stereocenters. The summed E-state index contributed by atoms with van der Waals surface area (Å²) in [6, 6.07) is 9.55. The maximum Gasteiger partial charge on any atom is 0.125 e. The molecule has 2 heterocycles. The summed E-state index contributed by atoms with van der Waals surface area (Å²) in [5.74, 6) is 0.863. The maximum atomic E-state index is 9.25. The normalized spacial score (nSPS) is 10.9. The number of hydrogen-bond acceptors (Lipinski definition) is 5. The van der Waals surface area contributed by atoms with Crippen LogP contribution in [0, 0.1) is 6.92 Å². The van der Waals surface area contributed by atoms with Crippen molar-refractivity contribution >= 4 is 28.8 Å². The second-order valence-electron chi connectivity index (χ2n) is 5.09. The molecule has 0 spiro atoms. The van der Waals surface area contributed by atoms with Gasteiger partial charge >= 0.3 is 0 Å². The summed E-state index contributed by atoms with van der Waals surface area (Å²) in [6.07, 6.45) is 0. The predicted molar refractivity (Wildman–Crippen MR) is 93.9 cm³/mol. The van der Waals surface area contributed by atoms with E-state index in [2.05, 4.69) is 15.4 Å². The molecule has 0 radical (unpaired) electrons. The molecule has 0 saturated heterocycles. The molecule has 0 amide bonds. The van der Waals surface area contributed by atoms with Gasteiger partial charge in [0.05, 0.1) is 36.6 Å². The minimum Gasteiger partial charge on any atom is -0.394 e. The molecule has 3 aromatic rings. The van der Waals surface area contributed by atoms with E-state index in [1.165, 1.54) is 4.88 Å². The number of halogens is 1. The van der Waals surface area contributed by atoms with Crippen molar-refractivity contribution in [2.45, 2.75) is 20.0 Å². The van der Waals surface area contributed by atoms with Gasteiger partial charge in [0.25, 0.3) is 0 Å². The van der Waals surface area contributed by atoms with Crippen LogP contribution >= 0.6 is 22.9 Å². The van der Waals surface area contributed by atoms with E-state index in [1.807, 2.05) is 42.8 Å². The van der Waals surface area contributed by atoms with Gasteiger partial charge in [0.1, 0.15) is 5.82 Å². The summed E-state index contributed by atoms with van der Waals surface area (Å²) in [6.45, 7) is 3.15. The topological polar surface area (TPSA) is 63.0 Å². The number of rotatable bonds is 6. The Balaban J connectivity index is 1.85. The number of nitrogens with zero attached hydrogens (tertiary/aromatic N) is 3.